The lowest BCUT2D eigenvalue weighted by molar-refractivity contribution is 0.289. The van der Waals surface area contributed by atoms with Crippen LogP contribution in [0.1, 0.15) is 58.4 Å². The van der Waals surface area contributed by atoms with Gasteiger partial charge in [0.15, 0.2) is 0 Å². The van der Waals surface area contributed by atoms with Crippen molar-refractivity contribution in [3.8, 4) is 5.75 Å². The number of nitrogens with one attached hydrogen (secondary N) is 1. The molecule has 0 amide bonds. The highest BCUT2D eigenvalue weighted by Gasteiger charge is 2.20. The third-order valence-corrected chi connectivity index (χ3v) is 4.62. The maximum absolute atomic E-state index is 5.76. The molecule has 1 aliphatic carbocycles. The van der Waals surface area contributed by atoms with Crippen molar-refractivity contribution in [2.45, 2.75) is 65.5 Å². The smallest absolute Gasteiger partial charge is 0.119 e. The summed E-state index contributed by atoms with van der Waals surface area (Å²) in [5, 5.41) is 3.68. The van der Waals surface area contributed by atoms with Crippen LogP contribution in [0.5, 0.6) is 5.75 Å². The predicted molar refractivity (Wildman–Crippen MR) is 89.7 cm³/mol. The molecule has 1 fully saturated rings. The van der Waals surface area contributed by atoms with E-state index in [0.717, 1.165) is 31.2 Å². The Bertz CT molecular complexity index is 393. The van der Waals surface area contributed by atoms with E-state index in [1.165, 1.54) is 31.2 Å². The van der Waals surface area contributed by atoms with E-state index < -0.39 is 0 Å². The monoisotopic (exact) mass is 289 g/mol. The van der Waals surface area contributed by atoms with Gasteiger partial charge in [-0.1, -0.05) is 38.8 Å². The minimum Gasteiger partial charge on any atom is -0.494 e. The summed E-state index contributed by atoms with van der Waals surface area (Å²) >= 11 is 0. The van der Waals surface area contributed by atoms with Gasteiger partial charge in [-0.05, 0) is 55.7 Å². The molecule has 0 saturated heterocycles. The van der Waals surface area contributed by atoms with Gasteiger partial charge < -0.3 is 10.1 Å². The van der Waals surface area contributed by atoms with Gasteiger partial charge in [0.1, 0.15) is 5.75 Å². The molecule has 1 atom stereocenters. The average Bonchev–Trinajstić information content (AvgIpc) is 3.00. The van der Waals surface area contributed by atoms with E-state index in [0.29, 0.717) is 12.0 Å². The van der Waals surface area contributed by atoms with E-state index in [-0.39, 0.29) is 0 Å². The zero-order valence-corrected chi connectivity index (χ0v) is 13.9. The lowest BCUT2D eigenvalue weighted by Gasteiger charge is -2.20. The first-order valence-corrected chi connectivity index (χ1v) is 8.60. The fourth-order valence-corrected chi connectivity index (χ4v) is 3.02. The van der Waals surface area contributed by atoms with Gasteiger partial charge in [-0.25, -0.2) is 0 Å². The minimum absolute atomic E-state index is 0.634. The van der Waals surface area contributed by atoms with Gasteiger partial charge in [0, 0.05) is 12.6 Å². The first-order valence-electron chi connectivity index (χ1n) is 8.60. The van der Waals surface area contributed by atoms with Crippen molar-refractivity contribution in [1.82, 2.24) is 5.32 Å². The molecule has 0 aromatic heterocycles. The lowest BCUT2D eigenvalue weighted by atomic mass is 9.99. The second-order valence-electron chi connectivity index (χ2n) is 6.89. The largest absolute Gasteiger partial charge is 0.494 e. The molecular formula is C19H31NO. The topological polar surface area (TPSA) is 21.3 Å². The summed E-state index contributed by atoms with van der Waals surface area (Å²) < 4.78 is 5.76. The SMILES string of the molecule is CC(C)CCOc1ccc(CN[C@@H](C)C2CCCC2)cc1. The van der Waals surface area contributed by atoms with Crippen LogP contribution < -0.4 is 10.1 Å². The number of hydrogen-bond donors (Lipinski definition) is 1. The summed E-state index contributed by atoms with van der Waals surface area (Å²) in [6.07, 6.45) is 6.74. The van der Waals surface area contributed by atoms with E-state index in [4.69, 9.17) is 4.74 Å². The highest BCUT2D eigenvalue weighted by Crippen LogP contribution is 2.27. The Morgan fingerprint density at radius 1 is 1.10 bits per heavy atom. The molecule has 0 radical (unpaired) electrons. The molecule has 0 bridgehead atoms. The van der Waals surface area contributed by atoms with Crippen molar-refractivity contribution < 1.29 is 4.74 Å². The van der Waals surface area contributed by atoms with Gasteiger partial charge in [0.05, 0.1) is 6.61 Å². The molecule has 2 nitrogen and oxygen atoms in total. The minimum atomic E-state index is 0.634. The Labute approximate surface area is 130 Å². The van der Waals surface area contributed by atoms with Gasteiger partial charge in [-0.3, -0.25) is 0 Å². The molecule has 118 valence electrons. The van der Waals surface area contributed by atoms with Crippen molar-refractivity contribution in [3.63, 3.8) is 0 Å². The van der Waals surface area contributed by atoms with E-state index in [2.05, 4.69) is 50.4 Å². The van der Waals surface area contributed by atoms with Crippen molar-refractivity contribution in [3.05, 3.63) is 29.8 Å². The number of rotatable bonds is 8. The number of benzene rings is 1. The first kappa shape index (κ1) is 16.4. The van der Waals surface area contributed by atoms with Crippen LogP contribution >= 0.6 is 0 Å². The van der Waals surface area contributed by atoms with Crippen LogP contribution in [0.25, 0.3) is 0 Å². The summed E-state index contributed by atoms with van der Waals surface area (Å²) in [7, 11) is 0. The lowest BCUT2D eigenvalue weighted by Crippen LogP contribution is -2.31. The molecule has 0 spiro atoms. The molecule has 0 unspecified atom stereocenters. The molecule has 2 rings (SSSR count). The fraction of sp³-hybridized carbons (Fsp3) is 0.684. The van der Waals surface area contributed by atoms with Crippen LogP contribution in [0.2, 0.25) is 0 Å². The molecule has 1 aliphatic rings. The summed E-state index contributed by atoms with van der Waals surface area (Å²) in [4.78, 5) is 0. The van der Waals surface area contributed by atoms with Crippen LogP contribution in [0.3, 0.4) is 0 Å². The molecular weight excluding hydrogens is 258 g/mol. The van der Waals surface area contributed by atoms with Gasteiger partial charge in [0.2, 0.25) is 0 Å². The van der Waals surface area contributed by atoms with Crippen molar-refractivity contribution >= 4 is 0 Å². The molecule has 1 N–H and O–H groups in total. The van der Waals surface area contributed by atoms with Crippen molar-refractivity contribution in [2.24, 2.45) is 11.8 Å². The Balaban J connectivity index is 1.71. The average molecular weight is 289 g/mol. The summed E-state index contributed by atoms with van der Waals surface area (Å²) in [6, 6.07) is 9.18. The number of ether oxygens (including phenoxy) is 1. The maximum atomic E-state index is 5.76. The third-order valence-electron chi connectivity index (χ3n) is 4.62. The standard InChI is InChI=1S/C19H31NO/c1-15(2)12-13-21-19-10-8-17(9-11-19)14-20-16(3)18-6-4-5-7-18/h8-11,15-16,18,20H,4-7,12-14H2,1-3H3/t16-/m0/s1. The molecule has 21 heavy (non-hydrogen) atoms. The maximum Gasteiger partial charge on any atom is 0.119 e. The second kappa shape index (κ2) is 8.43. The second-order valence-corrected chi connectivity index (χ2v) is 6.89. The zero-order chi connectivity index (χ0) is 15.1. The van der Waals surface area contributed by atoms with Crippen molar-refractivity contribution in [1.29, 1.82) is 0 Å². The van der Waals surface area contributed by atoms with Crippen LogP contribution in [0.15, 0.2) is 24.3 Å². The summed E-state index contributed by atoms with van der Waals surface area (Å²) in [5.41, 5.74) is 1.34. The highest BCUT2D eigenvalue weighted by atomic mass is 16.5. The molecule has 0 aliphatic heterocycles. The molecule has 1 aromatic carbocycles. The van der Waals surface area contributed by atoms with Crippen molar-refractivity contribution in [2.75, 3.05) is 6.61 Å². The predicted octanol–water partition coefficient (Wildman–Crippen LogP) is 4.78. The summed E-state index contributed by atoms with van der Waals surface area (Å²) in [5.74, 6) is 2.57. The summed E-state index contributed by atoms with van der Waals surface area (Å²) in [6.45, 7) is 8.56. The Morgan fingerprint density at radius 3 is 2.38 bits per heavy atom. The van der Waals surface area contributed by atoms with Gasteiger partial charge in [-0.2, -0.15) is 0 Å². The molecule has 1 saturated carbocycles. The van der Waals surface area contributed by atoms with E-state index in [1.54, 1.807) is 0 Å². The van der Waals surface area contributed by atoms with E-state index >= 15 is 0 Å². The van der Waals surface area contributed by atoms with E-state index in [1.807, 2.05) is 0 Å². The Kier molecular flexibility index (Phi) is 6.56. The normalized spacial score (nSPS) is 17.3. The van der Waals surface area contributed by atoms with Crippen LogP contribution in [-0.4, -0.2) is 12.6 Å². The zero-order valence-electron chi connectivity index (χ0n) is 13.9. The highest BCUT2D eigenvalue weighted by molar-refractivity contribution is 5.27. The Morgan fingerprint density at radius 2 is 1.76 bits per heavy atom. The van der Waals surface area contributed by atoms with Crippen LogP contribution in [-0.2, 0) is 6.54 Å². The van der Waals surface area contributed by atoms with Crippen LogP contribution in [0.4, 0.5) is 0 Å². The third kappa shape index (κ3) is 5.70. The first-order chi connectivity index (χ1) is 10.1. The molecule has 2 heteroatoms. The van der Waals surface area contributed by atoms with Gasteiger partial charge >= 0.3 is 0 Å². The number of hydrogen-bond acceptors (Lipinski definition) is 2. The molecule has 0 heterocycles. The van der Waals surface area contributed by atoms with Crippen LogP contribution in [0, 0.1) is 11.8 Å². The van der Waals surface area contributed by atoms with Gasteiger partial charge in [-0.15, -0.1) is 0 Å². The van der Waals surface area contributed by atoms with E-state index in [9.17, 15) is 0 Å². The fourth-order valence-electron chi connectivity index (χ4n) is 3.02. The quantitative estimate of drug-likeness (QED) is 0.743. The van der Waals surface area contributed by atoms with Gasteiger partial charge in [0.25, 0.3) is 0 Å². The molecule has 1 aromatic rings. The Hall–Kier alpha value is -1.02.